The summed E-state index contributed by atoms with van der Waals surface area (Å²) in [5.41, 5.74) is 2.47. The standard InChI is InChI=1S/C15H17NO/c1-16(2)12-8-11-5-3-4-10-6-7-14(17)13(9-12)15(10)11/h3-7,12,17H,8-9H2,1-2H3. The smallest absolute Gasteiger partial charge is 0.119 e. The van der Waals surface area contributed by atoms with E-state index in [9.17, 15) is 5.11 Å². The molecule has 0 fully saturated rings. The zero-order valence-electron chi connectivity index (χ0n) is 10.3. The van der Waals surface area contributed by atoms with Crippen LogP contribution in [0.4, 0.5) is 0 Å². The Kier molecular flexibility index (Phi) is 2.33. The van der Waals surface area contributed by atoms with Crippen molar-refractivity contribution >= 4 is 10.8 Å². The van der Waals surface area contributed by atoms with Gasteiger partial charge in [-0.3, -0.25) is 0 Å². The largest absolute Gasteiger partial charge is 0.508 e. The third kappa shape index (κ3) is 1.60. The van der Waals surface area contributed by atoms with Gasteiger partial charge in [0.05, 0.1) is 0 Å². The lowest BCUT2D eigenvalue weighted by atomic mass is 9.85. The lowest BCUT2D eigenvalue weighted by Gasteiger charge is -2.30. The normalized spacial score (nSPS) is 18.9. The Balaban J connectivity index is 2.25. The van der Waals surface area contributed by atoms with Crippen molar-refractivity contribution in [1.29, 1.82) is 0 Å². The molecule has 1 aliphatic carbocycles. The van der Waals surface area contributed by atoms with Crippen LogP contribution in [-0.4, -0.2) is 30.1 Å². The summed E-state index contributed by atoms with van der Waals surface area (Å²) in [6.07, 6.45) is 2.01. The van der Waals surface area contributed by atoms with Gasteiger partial charge in [0.25, 0.3) is 0 Å². The Morgan fingerprint density at radius 2 is 1.94 bits per heavy atom. The fraction of sp³-hybridized carbons (Fsp3) is 0.333. The molecule has 0 heterocycles. The summed E-state index contributed by atoms with van der Waals surface area (Å²) in [5.74, 6) is 0.441. The van der Waals surface area contributed by atoms with Gasteiger partial charge in [-0.2, -0.15) is 0 Å². The molecule has 3 rings (SSSR count). The van der Waals surface area contributed by atoms with Crippen molar-refractivity contribution < 1.29 is 5.11 Å². The molecule has 1 atom stereocenters. The van der Waals surface area contributed by atoms with Gasteiger partial charge >= 0.3 is 0 Å². The van der Waals surface area contributed by atoms with Crippen molar-refractivity contribution in [2.45, 2.75) is 18.9 Å². The first kappa shape index (κ1) is 10.6. The lowest BCUT2D eigenvalue weighted by Crippen LogP contribution is -2.34. The second-order valence-electron chi connectivity index (χ2n) is 5.10. The molecule has 1 aliphatic rings. The molecule has 2 aromatic carbocycles. The molecule has 17 heavy (non-hydrogen) atoms. The zero-order chi connectivity index (χ0) is 12.0. The van der Waals surface area contributed by atoms with Gasteiger partial charge in [0.1, 0.15) is 5.75 Å². The molecule has 0 amide bonds. The fourth-order valence-corrected chi connectivity index (χ4v) is 2.83. The van der Waals surface area contributed by atoms with E-state index in [0.29, 0.717) is 11.8 Å². The van der Waals surface area contributed by atoms with Crippen LogP contribution in [-0.2, 0) is 12.8 Å². The fourth-order valence-electron chi connectivity index (χ4n) is 2.83. The molecule has 0 saturated heterocycles. The van der Waals surface area contributed by atoms with Gasteiger partial charge in [0, 0.05) is 11.6 Å². The number of hydrogen-bond donors (Lipinski definition) is 1. The minimum Gasteiger partial charge on any atom is -0.508 e. The highest BCUT2D eigenvalue weighted by Crippen LogP contribution is 2.35. The van der Waals surface area contributed by atoms with Crippen LogP contribution in [0.2, 0.25) is 0 Å². The van der Waals surface area contributed by atoms with E-state index in [-0.39, 0.29) is 0 Å². The van der Waals surface area contributed by atoms with Crippen LogP contribution in [0, 0.1) is 0 Å². The van der Waals surface area contributed by atoms with E-state index in [1.54, 1.807) is 0 Å². The van der Waals surface area contributed by atoms with E-state index < -0.39 is 0 Å². The molecule has 1 unspecified atom stereocenters. The molecule has 0 spiro atoms. The molecular formula is C15H17NO. The third-order valence-electron chi connectivity index (χ3n) is 3.84. The van der Waals surface area contributed by atoms with Gasteiger partial charge in [-0.15, -0.1) is 0 Å². The number of nitrogens with zero attached hydrogens (tertiary/aromatic N) is 1. The third-order valence-corrected chi connectivity index (χ3v) is 3.84. The van der Waals surface area contributed by atoms with Crippen LogP contribution in [0.5, 0.6) is 5.75 Å². The monoisotopic (exact) mass is 227 g/mol. The van der Waals surface area contributed by atoms with Crippen molar-refractivity contribution in [3.63, 3.8) is 0 Å². The Morgan fingerprint density at radius 3 is 2.71 bits per heavy atom. The number of likely N-dealkylation sites (N-methyl/N-ethyl adjacent to an activating group) is 1. The van der Waals surface area contributed by atoms with Crippen LogP contribution < -0.4 is 0 Å². The molecule has 2 nitrogen and oxygen atoms in total. The number of phenolic OH excluding ortho intramolecular Hbond substituents is 1. The van der Waals surface area contributed by atoms with Gasteiger partial charge in [0.2, 0.25) is 0 Å². The molecule has 88 valence electrons. The van der Waals surface area contributed by atoms with E-state index in [1.807, 2.05) is 12.1 Å². The van der Waals surface area contributed by atoms with Gasteiger partial charge in [-0.25, -0.2) is 0 Å². The summed E-state index contributed by atoms with van der Waals surface area (Å²) in [7, 11) is 4.21. The molecule has 0 bridgehead atoms. The molecule has 2 heteroatoms. The summed E-state index contributed by atoms with van der Waals surface area (Å²) >= 11 is 0. The van der Waals surface area contributed by atoms with Crippen LogP contribution in [0.15, 0.2) is 30.3 Å². The summed E-state index contributed by atoms with van der Waals surface area (Å²) < 4.78 is 0. The highest BCUT2D eigenvalue weighted by molar-refractivity contribution is 5.91. The zero-order valence-corrected chi connectivity index (χ0v) is 10.3. The van der Waals surface area contributed by atoms with Gasteiger partial charge in [-0.05, 0) is 49.3 Å². The molecule has 0 aromatic heterocycles. The number of hydrogen-bond acceptors (Lipinski definition) is 2. The van der Waals surface area contributed by atoms with Gasteiger partial charge < -0.3 is 10.0 Å². The average molecular weight is 227 g/mol. The van der Waals surface area contributed by atoms with E-state index in [2.05, 4.69) is 37.2 Å². The maximum absolute atomic E-state index is 10.0. The lowest BCUT2D eigenvalue weighted by molar-refractivity contribution is 0.285. The Bertz CT molecular complexity index is 574. The molecule has 0 radical (unpaired) electrons. The van der Waals surface area contributed by atoms with E-state index >= 15 is 0 Å². The first-order valence-electron chi connectivity index (χ1n) is 6.05. The molecule has 0 aliphatic heterocycles. The maximum Gasteiger partial charge on any atom is 0.119 e. The SMILES string of the molecule is CN(C)C1Cc2cccc3ccc(O)c(c23)C1. The second kappa shape index (κ2) is 3.74. The van der Waals surface area contributed by atoms with E-state index in [4.69, 9.17) is 0 Å². The minimum absolute atomic E-state index is 0.441. The van der Waals surface area contributed by atoms with E-state index in [0.717, 1.165) is 18.4 Å². The van der Waals surface area contributed by atoms with Crippen molar-refractivity contribution in [3.8, 4) is 5.75 Å². The topological polar surface area (TPSA) is 23.5 Å². The van der Waals surface area contributed by atoms with Crippen LogP contribution in [0.1, 0.15) is 11.1 Å². The van der Waals surface area contributed by atoms with Crippen molar-refractivity contribution in [2.24, 2.45) is 0 Å². The predicted molar refractivity (Wildman–Crippen MR) is 70.5 cm³/mol. The van der Waals surface area contributed by atoms with Crippen molar-refractivity contribution in [1.82, 2.24) is 4.90 Å². The average Bonchev–Trinajstić information content (AvgIpc) is 2.33. The van der Waals surface area contributed by atoms with E-state index in [1.165, 1.54) is 16.3 Å². The van der Waals surface area contributed by atoms with Gasteiger partial charge in [-0.1, -0.05) is 24.3 Å². The number of aromatic hydroxyl groups is 1. The van der Waals surface area contributed by atoms with Crippen LogP contribution in [0.3, 0.4) is 0 Å². The maximum atomic E-state index is 10.0. The summed E-state index contributed by atoms with van der Waals surface area (Å²) in [6, 6.07) is 10.7. The van der Waals surface area contributed by atoms with Crippen LogP contribution in [0.25, 0.3) is 10.8 Å². The second-order valence-corrected chi connectivity index (χ2v) is 5.10. The molecular weight excluding hydrogens is 210 g/mol. The molecule has 1 N–H and O–H groups in total. The Hall–Kier alpha value is -1.54. The van der Waals surface area contributed by atoms with Gasteiger partial charge in [0.15, 0.2) is 0 Å². The first-order valence-corrected chi connectivity index (χ1v) is 6.05. The number of rotatable bonds is 1. The summed E-state index contributed by atoms with van der Waals surface area (Å²) in [6.45, 7) is 0. The van der Waals surface area contributed by atoms with Crippen LogP contribution >= 0.6 is 0 Å². The highest BCUT2D eigenvalue weighted by atomic mass is 16.3. The number of phenols is 1. The minimum atomic E-state index is 0.441. The molecule has 2 aromatic rings. The van der Waals surface area contributed by atoms with Crippen molar-refractivity contribution in [3.05, 3.63) is 41.5 Å². The highest BCUT2D eigenvalue weighted by Gasteiger charge is 2.23. The summed E-state index contributed by atoms with van der Waals surface area (Å²) in [4.78, 5) is 2.24. The Morgan fingerprint density at radius 1 is 1.12 bits per heavy atom. The Labute approximate surface area is 101 Å². The predicted octanol–water partition coefficient (Wildman–Crippen LogP) is 2.57. The first-order chi connectivity index (χ1) is 8.16. The number of benzene rings is 2. The summed E-state index contributed by atoms with van der Waals surface area (Å²) in [5, 5.41) is 12.6. The molecule has 0 saturated carbocycles. The quantitative estimate of drug-likeness (QED) is 0.809. The van der Waals surface area contributed by atoms with Crippen molar-refractivity contribution in [2.75, 3.05) is 14.1 Å².